The van der Waals surface area contributed by atoms with E-state index in [1.165, 1.54) is 0 Å². The van der Waals surface area contributed by atoms with Crippen LogP contribution in [0.2, 0.25) is 0 Å². The second-order valence-electron chi connectivity index (χ2n) is 5.18. The van der Waals surface area contributed by atoms with Crippen LogP contribution < -0.4 is 0 Å². The zero-order valence-electron chi connectivity index (χ0n) is 12.1. The summed E-state index contributed by atoms with van der Waals surface area (Å²) in [4.78, 5) is 6.15. The molecule has 0 amide bonds. The molecule has 3 rings (SSSR count). The summed E-state index contributed by atoms with van der Waals surface area (Å²) >= 11 is 0. The normalized spacial score (nSPS) is 19.0. The first-order valence-corrected chi connectivity index (χ1v) is 7.05. The van der Waals surface area contributed by atoms with Crippen molar-refractivity contribution in [3.63, 3.8) is 0 Å². The fraction of sp³-hybridized carbons (Fsp3) is 0.467. The van der Waals surface area contributed by atoms with E-state index in [1.807, 2.05) is 25.2 Å². The van der Waals surface area contributed by atoms with Gasteiger partial charge in [0.2, 0.25) is 0 Å². The van der Waals surface area contributed by atoms with Gasteiger partial charge in [0.25, 0.3) is 0 Å². The minimum Gasteiger partial charge on any atom is -0.376 e. The quantitative estimate of drug-likeness (QED) is 0.833. The van der Waals surface area contributed by atoms with E-state index in [4.69, 9.17) is 14.0 Å². The van der Waals surface area contributed by atoms with Crippen LogP contribution in [0.15, 0.2) is 35.1 Å². The minimum atomic E-state index is 0.131. The summed E-state index contributed by atoms with van der Waals surface area (Å²) in [5.41, 5.74) is 1.84. The fourth-order valence-corrected chi connectivity index (χ4v) is 2.37. The summed E-state index contributed by atoms with van der Waals surface area (Å²) in [7, 11) is 2.03. The van der Waals surface area contributed by atoms with Gasteiger partial charge in [0.05, 0.1) is 32.5 Å². The number of ether oxygens (including phenoxy) is 2. The molecule has 6 nitrogen and oxygen atoms in total. The molecule has 1 aliphatic rings. The lowest BCUT2D eigenvalue weighted by molar-refractivity contribution is -0.0966. The van der Waals surface area contributed by atoms with Crippen molar-refractivity contribution in [2.45, 2.75) is 12.6 Å². The van der Waals surface area contributed by atoms with Gasteiger partial charge in [-0.05, 0) is 19.2 Å². The predicted molar refractivity (Wildman–Crippen MR) is 76.6 cm³/mol. The second-order valence-corrected chi connectivity index (χ2v) is 5.18. The molecule has 6 heteroatoms. The minimum absolute atomic E-state index is 0.131. The highest BCUT2D eigenvalue weighted by molar-refractivity contribution is 5.57. The Morgan fingerprint density at radius 3 is 2.90 bits per heavy atom. The monoisotopic (exact) mass is 289 g/mol. The Bertz CT molecular complexity index is 552. The molecule has 1 atom stereocenters. The van der Waals surface area contributed by atoms with Crippen LogP contribution >= 0.6 is 0 Å². The molecule has 0 bridgehead atoms. The Kier molecular flexibility index (Phi) is 4.59. The number of aromatic nitrogens is 2. The largest absolute Gasteiger partial charge is 0.376 e. The van der Waals surface area contributed by atoms with Gasteiger partial charge in [0.1, 0.15) is 5.69 Å². The molecule has 1 fully saturated rings. The first-order chi connectivity index (χ1) is 10.3. The third-order valence-electron chi connectivity index (χ3n) is 3.36. The number of pyridine rings is 1. The summed E-state index contributed by atoms with van der Waals surface area (Å²) in [6.45, 7) is 3.52. The molecule has 2 aromatic heterocycles. The van der Waals surface area contributed by atoms with Crippen LogP contribution in [0.25, 0.3) is 11.3 Å². The van der Waals surface area contributed by atoms with Crippen LogP contribution in [0.5, 0.6) is 0 Å². The van der Waals surface area contributed by atoms with Crippen molar-refractivity contribution in [2.24, 2.45) is 0 Å². The van der Waals surface area contributed by atoms with Crippen molar-refractivity contribution in [1.82, 2.24) is 15.0 Å². The number of likely N-dealkylation sites (N-methyl/N-ethyl adjacent to an activating group) is 1. The molecular weight excluding hydrogens is 270 g/mol. The van der Waals surface area contributed by atoms with Crippen LogP contribution in [0.1, 0.15) is 5.76 Å². The molecule has 21 heavy (non-hydrogen) atoms. The van der Waals surface area contributed by atoms with E-state index in [0.29, 0.717) is 26.4 Å². The first kappa shape index (κ1) is 14.2. The van der Waals surface area contributed by atoms with Crippen LogP contribution in [-0.4, -0.2) is 54.6 Å². The van der Waals surface area contributed by atoms with Gasteiger partial charge in [-0.15, -0.1) is 0 Å². The average Bonchev–Trinajstić information content (AvgIpc) is 2.97. The van der Waals surface area contributed by atoms with Gasteiger partial charge >= 0.3 is 0 Å². The highest BCUT2D eigenvalue weighted by atomic mass is 16.6. The molecule has 112 valence electrons. The molecule has 0 aliphatic carbocycles. The van der Waals surface area contributed by atoms with Gasteiger partial charge in [-0.3, -0.25) is 9.88 Å². The lowest BCUT2D eigenvalue weighted by Gasteiger charge is -2.26. The van der Waals surface area contributed by atoms with Gasteiger partial charge in [-0.2, -0.15) is 0 Å². The van der Waals surface area contributed by atoms with Crippen molar-refractivity contribution in [2.75, 3.05) is 33.4 Å². The van der Waals surface area contributed by atoms with Crippen molar-refractivity contribution >= 4 is 0 Å². The third-order valence-corrected chi connectivity index (χ3v) is 3.36. The Morgan fingerprint density at radius 2 is 2.14 bits per heavy atom. The van der Waals surface area contributed by atoms with Crippen LogP contribution in [0.4, 0.5) is 0 Å². The van der Waals surface area contributed by atoms with E-state index in [-0.39, 0.29) is 6.10 Å². The first-order valence-electron chi connectivity index (χ1n) is 7.05. The van der Waals surface area contributed by atoms with Crippen LogP contribution in [0, 0.1) is 0 Å². The van der Waals surface area contributed by atoms with E-state index in [9.17, 15) is 0 Å². The number of nitrogens with zero attached hydrogens (tertiary/aromatic N) is 3. The van der Waals surface area contributed by atoms with E-state index in [2.05, 4.69) is 15.0 Å². The number of hydrogen-bond acceptors (Lipinski definition) is 6. The molecule has 0 saturated carbocycles. The third kappa shape index (κ3) is 3.87. The topological polar surface area (TPSA) is 60.6 Å². The summed E-state index contributed by atoms with van der Waals surface area (Å²) in [6, 6.07) is 5.79. The molecule has 0 N–H and O–H groups in total. The Hall–Kier alpha value is -1.76. The van der Waals surface area contributed by atoms with Gasteiger partial charge < -0.3 is 14.0 Å². The van der Waals surface area contributed by atoms with Crippen molar-refractivity contribution in [3.05, 3.63) is 36.4 Å². The second kappa shape index (κ2) is 6.80. The van der Waals surface area contributed by atoms with Gasteiger partial charge in [-0.25, -0.2) is 0 Å². The molecule has 0 spiro atoms. The predicted octanol–water partition coefficient (Wildman–Crippen LogP) is 1.58. The summed E-state index contributed by atoms with van der Waals surface area (Å²) in [5.74, 6) is 0.834. The molecule has 2 aromatic rings. The van der Waals surface area contributed by atoms with Crippen molar-refractivity contribution in [3.8, 4) is 11.3 Å². The van der Waals surface area contributed by atoms with E-state index < -0.39 is 0 Å². The maximum atomic E-state index is 5.64. The Balaban J connectivity index is 1.56. The summed E-state index contributed by atoms with van der Waals surface area (Å²) in [5, 5.41) is 4.10. The molecule has 1 aliphatic heterocycles. The van der Waals surface area contributed by atoms with Crippen molar-refractivity contribution in [1.29, 1.82) is 0 Å². The highest BCUT2D eigenvalue weighted by Crippen LogP contribution is 2.18. The summed E-state index contributed by atoms with van der Waals surface area (Å²) < 4.78 is 16.4. The summed E-state index contributed by atoms with van der Waals surface area (Å²) in [6.07, 6.45) is 3.62. The lowest BCUT2D eigenvalue weighted by atomic mass is 10.2. The highest BCUT2D eigenvalue weighted by Gasteiger charge is 2.17. The molecular formula is C15H19N3O3. The maximum absolute atomic E-state index is 5.64. The molecule has 1 saturated heterocycles. The van der Waals surface area contributed by atoms with Gasteiger partial charge in [-0.1, -0.05) is 5.16 Å². The molecule has 0 unspecified atom stereocenters. The Labute approximate surface area is 123 Å². The van der Waals surface area contributed by atoms with E-state index in [0.717, 1.165) is 23.6 Å². The van der Waals surface area contributed by atoms with Gasteiger partial charge in [0.15, 0.2) is 5.76 Å². The average molecular weight is 289 g/mol. The molecule has 3 heterocycles. The standard InChI is InChI=1S/C15H19N3O3/c1-18(10-14-11-19-6-7-20-14)9-13-8-15(17-21-13)12-2-4-16-5-3-12/h2-5,8,14H,6-7,9-11H2,1H3/t14-/m1/s1. The smallest absolute Gasteiger partial charge is 0.151 e. The zero-order valence-corrected chi connectivity index (χ0v) is 12.1. The fourth-order valence-electron chi connectivity index (χ4n) is 2.37. The lowest BCUT2D eigenvalue weighted by Crippen LogP contribution is -2.38. The van der Waals surface area contributed by atoms with Crippen LogP contribution in [0.3, 0.4) is 0 Å². The molecule has 0 radical (unpaired) electrons. The van der Waals surface area contributed by atoms with E-state index >= 15 is 0 Å². The maximum Gasteiger partial charge on any atom is 0.151 e. The van der Waals surface area contributed by atoms with Crippen molar-refractivity contribution < 1.29 is 14.0 Å². The zero-order chi connectivity index (χ0) is 14.5. The Morgan fingerprint density at radius 1 is 1.29 bits per heavy atom. The van der Waals surface area contributed by atoms with E-state index in [1.54, 1.807) is 12.4 Å². The number of hydrogen-bond donors (Lipinski definition) is 0. The van der Waals surface area contributed by atoms with Gasteiger partial charge in [0, 0.05) is 30.6 Å². The molecule has 0 aromatic carbocycles. The SMILES string of the molecule is CN(Cc1cc(-c2ccncc2)no1)C[C@@H]1COCCO1. The number of rotatable bonds is 5. The van der Waals surface area contributed by atoms with Crippen LogP contribution in [-0.2, 0) is 16.0 Å².